The van der Waals surface area contributed by atoms with Gasteiger partial charge in [-0.15, -0.1) is 0 Å². The summed E-state index contributed by atoms with van der Waals surface area (Å²) >= 11 is 11.0. The molecule has 0 aliphatic carbocycles. The SMILES string of the molecule is O=P1(Cl)OCC2(COP(Cl)OC2)CO1. The molecule has 0 saturated carbocycles. The Morgan fingerprint density at radius 2 is 1.64 bits per heavy atom. The van der Waals surface area contributed by atoms with Crippen LogP contribution in [0.25, 0.3) is 0 Å². The monoisotopic (exact) mass is 280 g/mol. The average Bonchev–Trinajstić information content (AvgIpc) is 2.16. The lowest BCUT2D eigenvalue weighted by Gasteiger charge is -2.40. The van der Waals surface area contributed by atoms with Gasteiger partial charge in [-0.25, -0.2) is 4.57 Å². The van der Waals surface area contributed by atoms with Crippen molar-refractivity contribution in [2.24, 2.45) is 5.41 Å². The van der Waals surface area contributed by atoms with Gasteiger partial charge in [-0.1, -0.05) is 0 Å². The molecule has 0 amide bonds. The molecule has 14 heavy (non-hydrogen) atoms. The molecule has 0 aromatic heterocycles. The molecule has 0 N–H and O–H groups in total. The van der Waals surface area contributed by atoms with E-state index < -0.39 is 20.1 Å². The van der Waals surface area contributed by atoms with Crippen LogP contribution >= 0.6 is 37.2 Å². The summed E-state index contributed by atoms with van der Waals surface area (Å²) in [4.78, 5) is 0. The quantitative estimate of drug-likeness (QED) is 0.639. The van der Waals surface area contributed by atoms with E-state index in [-0.39, 0.29) is 13.2 Å². The van der Waals surface area contributed by atoms with E-state index in [2.05, 4.69) is 0 Å². The zero-order valence-corrected chi connectivity index (χ0v) is 10.3. The Morgan fingerprint density at radius 1 is 1.14 bits per heavy atom. The van der Waals surface area contributed by atoms with Crippen molar-refractivity contribution in [3.63, 3.8) is 0 Å². The van der Waals surface area contributed by atoms with Crippen molar-refractivity contribution in [2.75, 3.05) is 26.4 Å². The minimum absolute atomic E-state index is 0.202. The molecular formula is C5H8Cl2O5P2. The average molecular weight is 281 g/mol. The number of hydrogen-bond acceptors (Lipinski definition) is 5. The molecule has 0 aromatic carbocycles. The zero-order valence-electron chi connectivity index (χ0n) is 7.02. The summed E-state index contributed by atoms with van der Waals surface area (Å²) in [6.45, 7) is -2.21. The second-order valence-corrected chi connectivity index (χ2v) is 7.63. The highest BCUT2D eigenvalue weighted by Crippen LogP contribution is 2.60. The molecule has 1 spiro atoms. The fourth-order valence-corrected chi connectivity index (χ4v) is 3.47. The number of hydrogen-bond donors (Lipinski definition) is 0. The smallest absolute Gasteiger partial charge is 0.321 e. The normalized spacial score (nSPS) is 49.4. The van der Waals surface area contributed by atoms with E-state index in [1.165, 1.54) is 0 Å². The molecule has 0 atom stereocenters. The minimum atomic E-state index is -3.36. The third-order valence-electron chi connectivity index (χ3n) is 1.99. The summed E-state index contributed by atoms with van der Waals surface area (Å²) in [5.41, 5.74) is -0.420. The Kier molecular flexibility index (Phi) is 3.43. The van der Waals surface area contributed by atoms with Crippen molar-refractivity contribution >= 4 is 37.2 Å². The molecule has 2 aliphatic rings. The first-order chi connectivity index (χ1) is 6.52. The van der Waals surface area contributed by atoms with Crippen molar-refractivity contribution < 1.29 is 22.7 Å². The highest BCUT2D eigenvalue weighted by Gasteiger charge is 2.45. The summed E-state index contributed by atoms with van der Waals surface area (Å²) in [5.74, 6) is 0. The third kappa shape index (κ3) is 2.60. The molecular weight excluding hydrogens is 273 g/mol. The summed E-state index contributed by atoms with van der Waals surface area (Å²) in [7, 11) is -1.31. The lowest BCUT2D eigenvalue weighted by atomic mass is 9.93. The van der Waals surface area contributed by atoms with Crippen molar-refractivity contribution in [2.45, 2.75) is 0 Å². The fourth-order valence-electron chi connectivity index (χ4n) is 1.13. The van der Waals surface area contributed by atoms with Crippen molar-refractivity contribution in [3.8, 4) is 0 Å². The summed E-state index contributed by atoms with van der Waals surface area (Å²) in [6, 6.07) is 0. The molecule has 2 fully saturated rings. The Bertz CT molecular complexity index is 253. The summed E-state index contributed by atoms with van der Waals surface area (Å²) in [5, 5.41) is 0. The standard InChI is InChI=1S/C5H8Cl2O5P2/c6-13-9-1-5(2-10-13)3-11-14(7,8)12-4-5/h1-4H2. The van der Waals surface area contributed by atoms with Crippen molar-refractivity contribution in [3.05, 3.63) is 0 Å². The molecule has 0 aromatic rings. The van der Waals surface area contributed by atoms with Crippen LogP contribution in [0.5, 0.6) is 0 Å². The number of rotatable bonds is 0. The first-order valence-corrected chi connectivity index (χ1v) is 8.35. The molecule has 9 heteroatoms. The van der Waals surface area contributed by atoms with Crippen LogP contribution in [0.4, 0.5) is 0 Å². The van der Waals surface area contributed by atoms with E-state index in [0.29, 0.717) is 13.2 Å². The van der Waals surface area contributed by atoms with Crippen LogP contribution < -0.4 is 0 Å². The number of halogens is 2. The van der Waals surface area contributed by atoms with Gasteiger partial charge in [0.15, 0.2) is 0 Å². The molecule has 2 rings (SSSR count). The Labute approximate surface area is 92.0 Å². The first kappa shape index (κ1) is 11.6. The van der Waals surface area contributed by atoms with Gasteiger partial charge in [0.2, 0.25) is 0 Å². The third-order valence-corrected chi connectivity index (χ3v) is 4.70. The van der Waals surface area contributed by atoms with Gasteiger partial charge in [0, 0.05) is 11.2 Å². The van der Waals surface area contributed by atoms with E-state index in [0.717, 1.165) is 0 Å². The maximum absolute atomic E-state index is 11.1. The fraction of sp³-hybridized carbons (Fsp3) is 1.00. The lowest BCUT2D eigenvalue weighted by molar-refractivity contribution is -0.0552. The topological polar surface area (TPSA) is 54.0 Å². The van der Waals surface area contributed by atoms with Gasteiger partial charge in [-0.3, -0.25) is 9.05 Å². The Balaban J connectivity index is 1.96. The predicted octanol–water partition coefficient (Wildman–Crippen LogP) is 2.88. The van der Waals surface area contributed by atoms with Crippen LogP contribution in [0.3, 0.4) is 0 Å². The van der Waals surface area contributed by atoms with E-state index >= 15 is 0 Å². The van der Waals surface area contributed by atoms with Gasteiger partial charge in [-0.2, -0.15) is 0 Å². The molecule has 2 heterocycles. The van der Waals surface area contributed by atoms with E-state index in [1.807, 2.05) is 0 Å². The molecule has 5 nitrogen and oxygen atoms in total. The predicted molar refractivity (Wildman–Crippen MR) is 52.5 cm³/mol. The lowest BCUT2D eigenvalue weighted by Crippen LogP contribution is -2.44. The maximum atomic E-state index is 11.1. The van der Waals surface area contributed by atoms with Crippen LogP contribution in [0.2, 0.25) is 0 Å². The molecule has 0 unspecified atom stereocenters. The van der Waals surface area contributed by atoms with Crippen LogP contribution in [-0.2, 0) is 22.7 Å². The summed E-state index contributed by atoms with van der Waals surface area (Å²) in [6.07, 6.45) is 0. The summed E-state index contributed by atoms with van der Waals surface area (Å²) < 4.78 is 31.2. The highest BCUT2D eigenvalue weighted by atomic mass is 35.7. The maximum Gasteiger partial charge on any atom is 0.424 e. The molecule has 2 saturated heterocycles. The van der Waals surface area contributed by atoms with Gasteiger partial charge < -0.3 is 9.05 Å². The minimum Gasteiger partial charge on any atom is -0.321 e. The van der Waals surface area contributed by atoms with Crippen LogP contribution in [0.15, 0.2) is 0 Å². The van der Waals surface area contributed by atoms with Gasteiger partial charge >= 0.3 is 6.95 Å². The van der Waals surface area contributed by atoms with Crippen molar-refractivity contribution in [1.29, 1.82) is 0 Å². The van der Waals surface area contributed by atoms with Gasteiger partial charge in [0.1, 0.15) is 0 Å². The zero-order chi connectivity index (χ0) is 10.2. The van der Waals surface area contributed by atoms with E-state index in [9.17, 15) is 4.57 Å². The van der Waals surface area contributed by atoms with Crippen LogP contribution in [-0.4, -0.2) is 26.4 Å². The van der Waals surface area contributed by atoms with Gasteiger partial charge in [-0.05, 0) is 11.2 Å². The van der Waals surface area contributed by atoms with Crippen LogP contribution in [0, 0.1) is 5.41 Å². The Morgan fingerprint density at radius 3 is 2.14 bits per heavy atom. The van der Waals surface area contributed by atoms with Crippen LogP contribution in [0.1, 0.15) is 0 Å². The molecule has 2 aliphatic heterocycles. The van der Waals surface area contributed by atoms with E-state index in [1.54, 1.807) is 0 Å². The molecule has 82 valence electrons. The van der Waals surface area contributed by atoms with E-state index in [4.69, 9.17) is 40.6 Å². The Hall–Kier alpha value is 1.08. The van der Waals surface area contributed by atoms with Gasteiger partial charge in [0.25, 0.3) is 7.73 Å². The largest absolute Gasteiger partial charge is 0.424 e. The second-order valence-electron chi connectivity index (χ2n) is 3.24. The second kappa shape index (κ2) is 4.15. The highest BCUT2D eigenvalue weighted by molar-refractivity contribution is 7.81. The molecule has 0 bridgehead atoms. The molecule has 0 radical (unpaired) electrons. The van der Waals surface area contributed by atoms with Gasteiger partial charge in [0.05, 0.1) is 31.8 Å². The first-order valence-electron chi connectivity index (χ1n) is 3.82. The van der Waals surface area contributed by atoms with Crippen molar-refractivity contribution in [1.82, 2.24) is 0 Å².